The molecule has 4 rings (SSSR count). The predicted octanol–water partition coefficient (Wildman–Crippen LogP) is 5.75. The molecule has 4 aromatic rings. The minimum atomic E-state index is -4.41. The maximum atomic E-state index is 12.6. The number of alkyl halides is 3. The fourth-order valence-corrected chi connectivity index (χ4v) is 3.02. The first-order chi connectivity index (χ1) is 14.9. The van der Waals surface area contributed by atoms with Crippen LogP contribution in [-0.4, -0.2) is 22.1 Å². The third-order valence-corrected chi connectivity index (χ3v) is 4.62. The number of benzene rings is 2. The number of aromatic amines is 1. The zero-order chi connectivity index (χ0) is 21.8. The van der Waals surface area contributed by atoms with Gasteiger partial charge in [-0.05, 0) is 24.3 Å². The summed E-state index contributed by atoms with van der Waals surface area (Å²) in [6.07, 6.45) is -1.89. The Bertz CT molecular complexity index is 1160. The van der Waals surface area contributed by atoms with Gasteiger partial charge in [0, 0.05) is 23.4 Å². The summed E-state index contributed by atoms with van der Waals surface area (Å²) < 4.78 is 49.1. The second-order valence-corrected chi connectivity index (χ2v) is 6.70. The molecule has 0 aliphatic rings. The van der Waals surface area contributed by atoms with Gasteiger partial charge in [-0.15, -0.1) is 0 Å². The number of nitrogens with one attached hydrogen (secondary N) is 1. The van der Waals surface area contributed by atoms with Crippen molar-refractivity contribution in [3.63, 3.8) is 0 Å². The first-order valence-corrected chi connectivity index (χ1v) is 9.38. The Labute approximate surface area is 176 Å². The van der Waals surface area contributed by atoms with Crippen molar-refractivity contribution in [2.75, 3.05) is 7.11 Å². The number of hydrogen-bond acceptors (Lipinski definition) is 4. The number of nitrogens with zero attached hydrogens (tertiary/aromatic N) is 2. The molecule has 31 heavy (non-hydrogen) atoms. The number of rotatable bonds is 6. The van der Waals surface area contributed by atoms with Crippen molar-refractivity contribution in [2.45, 2.75) is 12.8 Å². The smallest absolute Gasteiger partial charge is 0.417 e. The van der Waals surface area contributed by atoms with Gasteiger partial charge in [0.1, 0.15) is 23.9 Å². The van der Waals surface area contributed by atoms with Gasteiger partial charge in [0.15, 0.2) is 0 Å². The number of imidazole rings is 1. The van der Waals surface area contributed by atoms with E-state index in [-0.39, 0.29) is 6.61 Å². The highest BCUT2D eigenvalue weighted by Gasteiger charge is 2.30. The zero-order valence-electron chi connectivity index (χ0n) is 16.5. The lowest BCUT2D eigenvalue weighted by atomic mass is 10.1. The molecular weight excluding hydrogens is 407 g/mol. The van der Waals surface area contributed by atoms with Gasteiger partial charge in [0.25, 0.3) is 0 Å². The molecule has 0 unspecified atom stereocenters. The summed E-state index contributed by atoms with van der Waals surface area (Å²) in [4.78, 5) is 11.5. The van der Waals surface area contributed by atoms with E-state index in [4.69, 9.17) is 9.47 Å². The third kappa shape index (κ3) is 4.69. The lowest BCUT2D eigenvalue weighted by Crippen LogP contribution is -2.06. The highest BCUT2D eigenvalue weighted by molar-refractivity contribution is 5.70. The summed E-state index contributed by atoms with van der Waals surface area (Å²) in [5.41, 5.74) is 2.15. The van der Waals surface area contributed by atoms with E-state index in [1.807, 2.05) is 36.4 Å². The van der Waals surface area contributed by atoms with Crippen molar-refractivity contribution in [3.05, 3.63) is 84.3 Å². The minimum Gasteiger partial charge on any atom is -0.496 e. The van der Waals surface area contributed by atoms with Crippen LogP contribution >= 0.6 is 0 Å². The third-order valence-electron chi connectivity index (χ3n) is 4.62. The molecule has 0 saturated heterocycles. The molecule has 1 N–H and O–H groups in total. The minimum absolute atomic E-state index is 0.0306. The van der Waals surface area contributed by atoms with E-state index in [1.54, 1.807) is 25.4 Å². The Balaban J connectivity index is 1.49. The van der Waals surface area contributed by atoms with Crippen LogP contribution in [0.5, 0.6) is 11.5 Å². The Kier molecular flexibility index (Phi) is 5.62. The van der Waals surface area contributed by atoms with Crippen LogP contribution in [-0.2, 0) is 12.8 Å². The van der Waals surface area contributed by atoms with E-state index >= 15 is 0 Å². The van der Waals surface area contributed by atoms with E-state index in [9.17, 15) is 13.2 Å². The van der Waals surface area contributed by atoms with Crippen molar-refractivity contribution in [2.24, 2.45) is 0 Å². The highest BCUT2D eigenvalue weighted by atomic mass is 19.4. The largest absolute Gasteiger partial charge is 0.496 e. The molecular formula is C23H18F3N3O2. The summed E-state index contributed by atoms with van der Waals surface area (Å²) in [6, 6.07) is 17.3. The van der Waals surface area contributed by atoms with E-state index in [1.165, 1.54) is 6.07 Å². The lowest BCUT2D eigenvalue weighted by Gasteiger charge is -2.11. The highest BCUT2D eigenvalue weighted by Crippen LogP contribution is 2.34. The van der Waals surface area contributed by atoms with Crippen molar-refractivity contribution < 1.29 is 22.6 Å². The molecule has 0 saturated carbocycles. The monoisotopic (exact) mass is 425 g/mol. The molecule has 0 spiro atoms. The van der Waals surface area contributed by atoms with Crippen LogP contribution in [0.4, 0.5) is 13.2 Å². The molecule has 2 aromatic heterocycles. The topological polar surface area (TPSA) is 60.0 Å². The van der Waals surface area contributed by atoms with Gasteiger partial charge in [-0.1, -0.05) is 30.3 Å². The van der Waals surface area contributed by atoms with E-state index in [0.717, 1.165) is 34.9 Å². The number of hydrogen-bond donors (Lipinski definition) is 1. The Morgan fingerprint density at radius 3 is 2.42 bits per heavy atom. The van der Waals surface area contributed by atoms with Gasteiger partial charge in [-0.2, -0.15) is 13.2 Å². The quantitative estimate of drug-likeness (QED) is 0.428. The number of methoxy groups -OCH3 is 1. The normalized spacial score (nSPS) is 11.4. The first kappa shape index (κ1) is 20.5. The van der Waals surface area contributed by atoms with Crippen LogP contribution in [0.2, 0.25) is 0 Å². The number of ether oxygens (including phenoxy) is 2. The van der Waals surface area contributed by atoms with E-state index in [0.29, 0.717) is 17.2 Å². The van der Waals surface area contributed by atoms with Gasteiger partial charge < -0.3 is 14.5 Å². The average molecular weight is 425 g/mol. The first-order valence-electron chi connectivity index (χ1n) is 9.38. The van der Waals surface area contributed by atoms with Crippen LogP contribution < -0.4 is 9.47 Å². The molecule has 0 bridgehead atoms. The second kappa shape index (κ2) is 8.51. The van der Waals surface area contributed by atoms with Crippen molar-refractivity contribution in [1.29, 1.82) is 0 Å². The van der Waals surface area contributed by atoms with Crippen LogP contribution in [0.3, 0.4) is 0 Å². The summed E-state index contributed by atoms with van der Waals surface area (Å²) in [6.45, 7) is 0.0306. The average Bonchev–Trinajstić information content (AvgIpc) is 3.28. The molecule has 0 aliphatic heterocycles. The summed E-state index contributed by atoms with van der Waals surface area (Å²) >= 11 is 0. The van der Waals surface area contributed by atoms with E-state index < -0.39 is 11.7 Å². The maximum Gasteiger partial charge on any atom is 0.417 e. The number of halogens is 3. The standard InChI is InChI=1S/C23H18F3N3O2/c1-30-21-11-18(31-14-17-8-7-16(12-27-17)23(24,25)26)9-10-19(21)20-13-28-22(29-20)15-5-3-2-4-6-15/h2-13H,14H2,1H3,(H,28,29). The molecule has 2 heterocycles. The van der Waals surface area contributed by atoms with Gasteiger partial charge in [-0.25, -0.2) is 4.98 Å². The zero-order valence-corrected chi connectivity index (χ0v) is 16.5. The van der Waals surface area contributed by atoms with Crippen LogP contribution in [0.25, 0.3) is 22.6 Å². The van der Waals surface area contributed by atoms with Gasteiger partial charge >= 0.3 is 6.18 Å². The van der Waals surface area contributed by atoms with Crippen molar-refractivity contribution in [3.8, 4) is 34.1 Å². The molecule has 2 aromatic carbocycles. The van der Waals surface area contributed by atoms with Crippen LogP contribution in [0.15, 0.2) is 73.1 Å². The van der Waals surface area contributed by atoms with Crippen LogP contribution in [0, 0.1) is 0 Å². The van der Waals surface area contributed by atoms with E-state index in [2.05, 4.69) is 15.0 Å². The molecule has 0 aliphatic carbocycles. The number of pyridine rings is 1. The fraction of sp³-hybridized carbons (Fsp3) is 0.130. The number of aromatic nitrogens is 3. The Morgan fingerprint density at radius 2 is 1.74 bits per heavy atom. The Morgan fingerprint density at radius 1 is 0.935 bits per heavy atom. The van der Waals surface area contributed by atoms with Gasteiger partial charge in [0.2, 0.25) is 0 Å². The summed E-state index contributed by atoms with van der Waals surface area (Å²) in [5, 5.41) is 0. The second-order valence-electron chi connectivity index (χ2n) is 6.70. The van der Waals surface area contributed by atoms with Gasteiger partial charge in [-0.3, -0.25) is 4.98 Å². The van der Waals surface area contributed by atoms with Crippen molar-refractivity contribution >= 4 is 0 Å². The summed E-state index contributed by atoms with van der Waals surface area (Å²) in [5.74, 6) is 1.82. The van der Waals surface area contributed by atoms with Crippen LogP contribution in [0.1, 0.15) is 11.3 Å². The maximum absolute atomic E-state index is 12.6. The predicted molar refractivity (Wildman–Crippen MR) is 110 cm³/mol. The molecule has 158 valence electrons. The summed E-state index contributed by atoms with van der Waals surface area (Å²) in [7, 11) is 1.55. The van der Waals surface area contributed by atoms with Crippen molar-refractivity contribution in [1.82, 2.24) is 15.0 Å². The molecule has 0 amide bonds. The Hall–Kier alpha value is -3.81. The molecule has 0 fully saturated rings. The molecule has 8 heteroatoms. The molecule has 0 atom stereocenters. The molecule has 0 radical (unpaired) electrons. The SMILES string of the molecule is COc1cc(OCc2ccc(C(F)(F)F)cn2)ccc1-c1cnc(-c2ccccc2)[nH]1. The lowest BCUT2D eigenvalue weighted by molar-refractivity contribution is -0.137. The fourth-order valence-electron chi connectivity index (χ4n) is 3.02. The number of H-pyrrole nitrogens is 1. The van der Waals surface area contributed by atoms with Gasteiger partial charge in [0.05, 0.1) is 30.3 Å². The molecule has 5 nitrogen and oxygen atoms in total.